The Hall–Kier alpha value is -0.980. The first kappa shape index (κ1) is 19.8. The minimum atomic E-state index is -4.70. The summed E-state index contributed by atoms with van der Waals surface area (Å²) in [5.41, 5.74) is -0.973. The van der Waals surface area contributed by atoms with E-state index in [0.717, 1.165) is 10.3 Å². The molecule has 2 fully saturated rings. The number of thioether (sulfide) groups is 1. The van der Waals surface area contributed by atoms with Gasteiger partial charge in [0, 0.05) is 24.1 Å². The van der Waals surface area contributed by atoms with Gasteiger partial charge in [0.2, 0.25) is 0 Å². The topological polar surface area (TPSA) is 160 Å². The summed E-state index contributed by atoms with van der Waals surface area (Å²) in [6, 6.07) is 0. The smallest absolute Gasteiger partial charge is 0.390 e. The van der Waals surface area contributed by atoms with E-state index in [-0.39, 0.29) is 12.0 Å². The van der Waals surface area contributed by atoms with Crippen molar-refractivity contribution in [3.8, 4) is 0 Å². The van der Waals surface area contributed by atoms with E-state index in [1.54, 1.807) is 11.8 Å². The second-order valence-electron chi connectivity index (χ2n) is 5.90. The summed E-state index contributed by atoms with van der Waals surface area (Å²) in [6.07, 6.45) is -2.12. The number of rotatable bonds is 5. The Bertz CT molecular complexity index is 800. The molecule has 4 atom stereocenters. The molecule has 26 heavy (non-hydrogen) atoms. The molecule has 0 saturated carbocycles. The van der Waals surface area contributed by atoms with Crippen molar-refractivity contribution in [1.82, 2.24) is 9.55 Å². The maximum absolute atomic E-state index is 12.1. The normalized spacial score (nSPS) is 29.8. The number of phosphoric ester groups is 1. The van der Waals surface area contributed by atoms with E-state index in [9.17, 15) is 19.3 Å². The SMILES string of the molecule is O=c1[nH]c(=O)n([C@H]2C[C@H](O)[C@@H](COP(=O)(O)O)O2)cc1[C@@H]1CSCCO1. The van der Waals surface area contributed by atoms with Crippen LogP contribution in [-0.4, -0.2) is 61.4 Å². The molecule has 13 heteroatoms. The molecule has 1 aromatic heterocycles. The van der Waals surface area contributed by atoms with Gasteiger partial charge in [-0.15, -0.1) is 0 Å². The van der Waals surface area contributed by atoms with Crippen LogP contribution in [0.4, 0.5) is 0 Å². The minimum absolute atomic E-state index is 0.000843. The zero-order valence-electron chi connectivity index (χ0n) is 13.5. The Morgan fingerprint density at radius 2 is 2.19 bits per heavy atom. The molecule has 0 spiro atoms. The van der Waals surface area contributed by atoms with Crippen molar-refractivity contribution in [2.45, 2.75) is 31.0 Å². The van der Waals surface area contributed by atoms with Crippen LogP contribution in [0.5, 0.6) is 0 Å². The predicted molar refractivity (Wildman–Crippen MR) is 89.9 cm³/mol. The van der Waals surface area contributed by atoms with Crippen LogP contribution in [-0.2, 0) is 18.6 Å². The quantitative estimate of drug-likeness (QED) is 0.448. The van der Waals surface area contributed by atoms with Gasteiger partial charge in [0.25, 0.3) is 5.56 Å². The van der Waals surface area contributed by atoms with Crippen molar-refractivity contribution >= 4 is 19.6 Å². The number of ether oxygens (including phenoxy) is 2. The molecule has 4 N–H and O–H groups in total. The van der Waals surface area contributed by atoms with Gasteiger partial charge >= 0.3 is 13.5 Å². The predicted octanol–water partition coefficient (Wildman–Crippen LogP) is -0.901. The van der Waals surface area contributed by atoms with E-state index in [1.165, 1.54) is 6.20 Å². The van der Waals surface area contributed by atoms with Crippen molar-refractivity contribution in [2.24, 2.45) is 0 Å². The first-order valence-electron chi connectivity index (χ1n) is 7.83. The number of aliphatic hydroxyl groups excluding tert-OH is 1. The summed E-state index contributed by atoms with van der Waals surface area (Å²) in [4.78, 5) is 43.9. The third kappa shape index (κ3) is 4.65. The van der Waals surface area contributed by atoms with Crippen LogP contribution in [0.3, 0.4) is 0 Å². The monoisotopic (exact) mass is 410 g/mol. The van der Waals surface area contributed by atoms with Gasteiger partial charge in [-0.1, -0.05) is 0 Å². The number of aromatic amines is 1. The van der Waals surface area contributed by atoms with Gasteiger partial charge in [-0.25, -0.2) is 9.36 Å². The Kier molecular flexibility index (Phi) is 6.04. The molecule has 3 rings (SSSR count). The molecule has 3 heterocycles. The second-order valence-corrected chi connectivity index (χ2v) is 8.29. The van der Waals surface area contributed by atoms with Gasteiger partial charge in [-0.05, 0) is 0 Å². The van der Waals surface area contributed by atoms with Crippen molar-refractivity contribution < 1.29 is 33.5 Å². The van der Waals surface area contributed by atoms with E-state index in [0.29, 0.717) is 12.4 Å². The maximum atomic E-state index is 12.1. The van der Waals surface area contributed by atoms with Gasteiger partial charge in [0.05, 0.1) is 31.0 Å². The van der Waals surface area contributed by atoms with E-state index in [2.05, 4.69) is 9.51 Å². The average Bonchev–Trinajstić information content (AvgIpc) is 2.94. The highest BCUT2D eigenvalue weighted by Gasteiger charge is 2.37. The average molecular weight is 410 g/mol. The molecule has 0 bridgehead atoms. The van der Waals surface area contributed by atoms with Crippen molar-refractivity contribution in [1.29, 1.82) is 0 Å². The summed E-state index contributed by atoms with van der Waals surface area (Å²) in [7, 11) is -4.70. The van der Waals surface area contributed by atoms with E-state index in [1.807, 2.05) is 0 Å². The van der Waals surface area contributed by atoms with Gasteiger partial charge in [-0.2, -0.15) is 11.8 Å². The van der Waals surface area contributed by atoms with Crippen LogP contribution < -0.4 is 11.2 Å². The van der Waals surface area contributed by atoms with Crippen LogP contribution >= 0.6 is 19.6 Å². The van der Waals surface area contributed by atoms with Crippen LogP contribution in [0.2, 0.25) is 0 Å². The first-order valence-corrected chi connectivity index (χ1v) is 10.5. The summed E-state index contributed by atoms with van der Waals surface area (Å²) in [5.74, 6) is 1.40. The molecule has 0 aliphatic carbocycles. The van der Waals surface area contributed by atoms with Gasteiger partial charge in [-0.3, -0.25) is 18.9 Å². The summed E-state index contributed by atoms with van der Waals surface area (Å²) < 4.78 is 27.3. The van der Waals surface area contributed by atoms with Gasteiger partial charge in [0.1, 0.15) is 12.3 Å². The number of phosphoric acid groups is 1. The lowest BCUT2D eigenvalue weighted by atomic mass is 10.2. The Morgan fingerprint density at radius 3 is 2.85 bits per heavy atom. The largest absolute Gasteiger partial charge is 0.469 e. The summed E-state index contributed by atoms with van der Waals surface area (Å²) >= 11 is 1.63. The Balaban J connectivity index is 1.79. The minimum Gasteiger partial charge on any atom is -0.390 e. The molecule has 1 aromatic rings. The number of nitrogens with one attached hydrogen (secondary N) is 1. The van der Waals surface area contributed by atoms with E-state index in [4.69, 9.17) is 19.3 Å². The highest BCUT2D eigenvalue weighted by Crippen LogP contribution is 2.38. The molecular weight excluding hydrogens is 391 g/mol. The Morgan fingerprint density at radius 1 is 1.42 bits per heavy atom. The molecular formula is C13H19N2O9PS. The van der Waals surface area contributed by atoms with E-state index >= 15 is 0 Å². The lowest BCUT2D eigenvalue weighted by molar-refractivity contribution is -0.0454. The first-order chi connectivity index (χ1) is 12.2. The highest BCUT2D eigenvalue weighted by molar-refractivity contribution is 7.99. The van der Waals surface area contributed by atoms with Gasteiger partial charge in [0.15, 0.2) is 0 Å². The van der Waals surface area contributed by atoms with Crippen molar-refractivity contribution in [3.63, 3.8) is 0 Å². The molecule has 0 amide bonds. The molecule has 11 nitrogen and oxygen atoms in total. The Labute approximate surface area is 151 Å². The summed E-state index contributed by atoms with van der Waals surface area (Å²) in [5, 5.41) is 10.0. The number of hydrogen-bond acceptors (Lipinski definition) is 8. The molecule has 2 aliphatic heterocycles. The highest BCUT2D eigenvalue weighted by atomic mass is 32.2. The van der Waals surface area contributed by atoms with Crippen LogP contribution in [0, 0.1) is 0 Å². The number of aliphatic hydroxyl groups is 1. The molecule has 2 saturated heterocycles. The zero-order valence-corrected chi connectivity index (χ0v) is 15.2. The number of nitrogens with zero attached hydrogens (tertiary/aromatic N) is 1. The van der Waals surface area contributed by atoms with Crippen molar-refractivity contribution in [3.05, 3.63) is 32.6 Å². The maximum Gasteiger partial charge on any atom is 0.469 e. The standard InChI is InChI=1S/C13H19N2O9PS/c16-8-3-11(24-9(8)5-23-25(19,20)21)15-4-7(12(17)14-13(15)18)10-6-26-2-1-22-10/h4,8-11,16H,1-3,5-6H2,(H,14,17,18)(H2,19,20,21)/t8-,9+,10-,11+/m0/s1. The fraction of sp³-hybridized carbons (Fsp3) is 0.692. The number of aromatic nitrogens is 2. The molecule has 146 valence electrons. The fourth-order valence-corrected chi connectivity index (χ4v) is 4.03. The summed E-state index contributed by atoms with van der Waals surface area (Å²) in [6.45, 7) is -0.0381. The lowest BCUT2D eigenvalue weighted by Gasteiger charge is -2.23. The number of H-pyrrole nitrogens is 1. The second kappa shape index (κ2) is 7.95. The van der Waals surface area contributed by atoms with Crippen LogP contribution in [0.1, 0.15) is 24.3 Å². The van der Waals surface area contributed by atoms with E-state index < -0.39 is 50.2 Å². The van der Waals surface area contributed by atoms with Crippen LogP contribution in [0.25, 0.3) is 0 Å². The zero-order chi connectivity index (χ0) is 18.9. The molecule has 2 aliphatic rings. The molecule has 0 aromatic carbocycles. The lowest BCUT2D eigenvalue weighted by Crippen LogP contribution is -2.36. The molecule has 0 radical (unpaired) electrons. The fourth-order valence-electron chi connectivity index (χ4n) is 2.82. The third-order valence-electron chi connectivity index (χ3n) is 4.08. The number of hydrogen-bond donors (Lipinski definition) is 4. The van der Waals surface area contributed by atoms with Crippen molar-refractivity contribution in [2.75, 3.05) is 24.7 Å². The third-order valence-corrected chi connectivity index (χ3v) is 5.56. The molecule has 0 unspecified atom stereocenters. The van der Waals surface area contributed by atoms with Gasteiger partial charge < -0.3 is 24.4 Å². The van der Waals surface area contributed by atoms with Crippen LogP contribution in [0.15, 0.2) is 15.8 Å².